The molecule has 0 radical (unpaired) electrons. The van der Waals surface area contributed by atoms with Gasteiger partial charge in [0.1, 0.15) is 6.61 Å². The zero-order chi connectivity index (χ0) is 13.4. The number of alkyl halides is 1. The predicted molar refractivity (Wildman–Crippen MR) is 84.8 cm³/mol. The molecule has 2 atom stereocenters. The van der Waals surface area contributed by atoms with E-state index >= 15 is 0 Å². The van der Waals surface area contributed by atoms with Crippen LogP contribution in [0.2, 0.25) is 0 Å². The summed E-state index contributed by atoms with van der Waals surface area (Å²) in [6.07, 6.45) is -0.0140. The van der Waals surface area contributed by atoms with Gasteiger partial charge in [0.2, 0.25) is 0 Å². The second-order valence-electron chi connectivity index (χ2n) is 4.37. The minimum atomic E-state index is -0.0140. The smallest absolute Gasteiger partial charge is 0.161 e. The molecule has 5 heteroatoms. The molecule has 0 spiro atoms. The average Bonchev–Trinajstić information content (AvgIpc) is 2.77. The normalized spacial score (nSPS) is 19.2. The summed E-state index contributed by atoms with van der Waals surface area (Å²) in [5, 5.41) is 0. The van der Waals surface area contributed by atoms with Crippen molar-refractivity contribution in [3.05, 3.63) is 44.6 Å². The van der Waals surface area contributed by atoms with Crippen molar-refractivity contribution in [3.63, 3.8) is 0 Å². The summed E-state index contributed by atoms with van der Waals surface area (Å²) < 4.78 is 12.9. The average molecular weight is 404 g/mol. The molecule has 1 aromatic carbocycles. The molecule has 0 fully saturated rings. The molecule has 1 aromatic heterocycles. The summed E-state index contributed by atoms with van der Waals surface area (Å²) in [5.74, 6) is 1.64. The Morgan fingerprint density at radius 3 is 2.74 bits per heavy atom. The van der Waals surface area contributed by atoms with Crippen LogP contribution < -0.4 is 9.47 Å². The Morgan fingerprint density at radius 2 is 2.05 bits per heavy atom. The lowest BCUT2D eigenvalue weighted by molar-refractivity contribution is 0.0910. The van der Waals surface area contributed by atoms with Crippen LogP contribution in [-0.4, -0.2) is 12.7 Å². The Hall–Kier alpha value is -0.520. The summed E-state index contributed by atoms with van der Waals surface area (Å²) in [7, 11) is 0. The number of fused-ring (bicyclic) bond motifs is 1. The molecule has 0 saturated heterocycles. The molecule has 2 nitrogen and oxygen atoms in total. The number of aryl methyl sites for hydroxylation is 1. The minimum absolute atomic E-state index is 0.0140. The number of hydrogen-bond donors (Lipinski definition) is 0. The van der Waals surface area contributed by atoms with Gasteiger partial charge >= 0.3 is 0 Å². The molecule has 3 rings (SSSR count). The molecule has 0 amide bonds. The van der Waals surface area contributed by atoms with Gasteiger partial charge in [0.15, 0.2) is 17.6 Å². The Morgan fingerprint density at radius 1 is 1.32 bits per heavy atom. The molecule has 0 N–H and O–H groups in total. The molecule has 2 unspecified atom stereocenters. The van der Waals surface area contributed by atoms with Crippen LogP contribution in [0.3, 0.4) is 0 Å². The van der Waals surface area contributed by atoms with Crippen LogP contribution in [0.1, 0.15) is 14.6 Å². The van der Waals surface area contributed by atoms with Crippen molar-refractivity contribution < 1.29 is 9.47 Å². The second-order valence-corrected chi connectivity index (χ2v) is 7.50. The van der Waals surface area contributed by atoms with Crippen molar-refractivity contribution in [1.82, 2.24) is 0 Å². The van der Waals surface area contributed by atoms with Crippen LogP contribution in [0.25, 0.3) is 0 Å². The molecule has 0 aliphatic carbocycles. The summed E-state index contributed by atoms with van der Waals surface area (Å²) >= 11 is 9.05. The third kappa shape index (κ3) is 2.69. The van der Waals surface area contributed by atoms with Gasteiger partial charge in [0.05, 0.1) is 4.83 Å². The van der Waals surface area contributed by atoms with Gasteiger partial charge < -0.3 is 9.47 Å². The maximum Gasteiger partial charge on any atom is 0.161 e. The van der Waals surface area contributed by atoms with E-state index in [4.69, 9.17) is 9.47 Å². The lowest BCUT2D eigenvalue weighted by atomic mass is 10.2. The van der Waals surface area contributed by atoms with Crippen molar-refractivity contribution in [2.24, 2.45) is 0 Å². The van der Waals surface area contributed by atoms with Crippen LogP contribution in [0, 0.1) is 6.92 Å². The number of halogens is 2. The Bertz CT molecular complexity index is 577. The topological polar surface area (TPSA) is 18.5 Å². The van der Waals surface area contributed by atoms with E-state index < -0.39 is 0 Å². The lowest BCUT2D eigenvalue weighted by Gasteiger charge is -2.29. The van der Waals surface area contributed by atoms with E-state index in [1.807, 2.05) is 24.3 Å². The highest BCUT2D eigenvalue weighted by molar-refractivity contribution is 9.10. The Labute approximate surface area is 133 Å². The lowest BCUT2D eigenvalue weighted by Crippen LogP contribution is -2.32. The maximum atomic E-state index is 6.02. The minimum Gasteiger partial charge on any atom is -0.486 e. The van der Waals surface area contributed by atoms with Crippen molar-refractivity contribution in [3.8, 4) is 11.5 Å². The second kappa shape index (κ2) is 5.46. The first-order valence-corrected chi connectivity index (χ1v) is 8.46. The van der Waals surface area contributed by atoms with Gasteiger partial charge in [-0.05, 0) is 41.1 Å². The molecule has 100 valence electrons. The van der Waals surface area contributed by atoms with E-state index in [-0.39, 0.29) is 10.9 Å². The van der Waals surface area contributed by atoms with Gasteiger partial charge in [-0.3, -0.25) is 0 Å². The van der Waals surface area contributed by atoms with Crippen molar-refractivity contribution in [1.29, 1.82) is 0 Å². The summed E-state index contributed by atoms with van der Waals surface area (Å²) in [4.78, 5) is 2.66. The number of benzene rings is 1. The first kappa shape index (κ1) is 13.5. The van der Waals surface area contributed by atoms with Gasteiger partial charge in [-0.1, -0.05) is 28.1 Å². The van der Waals surface area contributed by atoms with Gasteiger partial charge in [0, 0.05) is 14.2 Å². The molecule has 2 aromatic rings. The van der Waals surface area contributed by atoms with E-state index in [1.54, 1.807) is 11.3 Å². The first-order valence-electron chi connectivity index (χ1n) is 5.93. The fourth-order valence-electron chi connectivity index (χ4n) is 1.98. The number of thiophene rings is 1. The summed E-state index contributed by atoms with van der Waals surface area (Å²) in [6.45, 7) is 2.66. The molecular weight excluding hydrogens is 392 g/mol. The largest absolute Gasteiger partial charge is 0.486 e. The van der Waals surface area contributed by atoms with Crippen molar-refractivity contribution >= 4 is 43.2 Å². The van der Waals surface area contributed by atoms with Gasteiger partial charge in [0.25, 0.3) is 0 Å². The number of para-hydroxylation sites is 2. The maximum absolute atomic E-state index is 6.02. The molecule has 19 heavy (non-hydrogen) atoms. The first-order chi connectivity index (χ1) is 9.15. The van der Waals surface area contributed by atoms with E-state index in [1.165, 1.54) is 9.75 Å². The third-order valence-corrected chi connectivity index (χ3v) is 6.61. The van der Waals surface area contributed by atoms with E-state index in [0.29, 0.717) is 6.61 Å². The highest BCUT2D eigenvalue weighted by Gasteiger charge is 2.29. The van der Waals surface area contributed by atoms with Gasteiger partial charge in [-0.25, -0.2) is 0 Å². The standard InChI is InChI=1S/C14H12Br2O2S/c1-8-9(15)6-13(19-8)14(16)12-7-17-10-4-2-3-5-11(10)18-12/h2-6,12,14H,7H2,1H3. The van der Waals surface area contributed by atoms with Gasteiger partial charge in [-0.15, -0.1) is 11.3 Å². The highest BCUT2D eigenvalue weighted by atomic mass is 79.9. The number of ether oxygens (including phenoxy) is 2. The third-order valence-electron chi connectivity index (χ3n) is 3.01. The molecular formula is C14H12Br2O2S. The Balaban J connectivity index is 1.81. The molecule has 0 saturated carbocycles. The van der Waals surface area contributed by atoms with Crippen LogP contribution in [0.5, 0.6) is 11.5 Å². The molecule has 0 bridgehead atoms. The van der Waals surface area contributed by atoms with Crippen LogP contribution in [0.4, 0.5) is 0 Å². The van der Waals surface area contributed by atoms with Crippen LogP contribution in [0.15, 0.2) is 34.8 Å². The van der Waals surface area contributed by atoms with E-state index in [0.717, 1.165) is 16.0 Å². The summed E-state index contributed by atoms with van der Waals surface area (Å²) in [6, 6.07) is 9.92. The molecule has 2 heterocycles. The van der Waals surface area contributed by atoms with Gasteiger partial charge in [-0.2, -0.15) is 0 Å². The predicted octanol–water partition coefficient (Wildman–Crippen LogP) is 5.10. The fraction of sp³-hybridized carbons (Fsp3) is 0.286. The van der Waals surface area contributed by atoms with E-state index in [2.05, 4.69) is 44.8 Å². The van der Waals surface area contributed by atoms with Crippen LogP contribution >= 0.6 is 43.2 Å². The molecule has 1 aliphatic rings. The molecule has 1 aliphatic heterocycles. The number of hydrogen-bond acceptors (Lipinski definition) is 3. The van der Waals surface area contributed by atoms with Crippen molar-refractivity contribution in [2.75, 3.05) is 6.61 Å². The SMILES string of the molecule is Cc1sc(C(Br)C2COc3ccccc3O2)cc1Br. The van der Waals surface area contributed by atoms with Crippen LogP contribution in [-0.2, 0) is 0 Å². The number of rotatable bonds is 2. The zero-order valence-electron chi connectivity index (χ0n) is 10.2. The fourth-order valence-corrected chi connectivity index (χ4v) is 4.25. The highest BCUT2D eigenvalue weighted by Crippen LogP contribution is 2.41. The summed E-state index contributed by atoms with van der Waals surface area (Å²) in [5.41, 5.74) is 0. The van der Waals surface area contributed by atoms with E-state index in [9.17, 15) is 0 Å². The zero-order valence-corrected chi connectivity index (χ0v) is 14.2. The quantitative estimate of drug-likeness (QED) is 0.649. The monoisotopic (exact) mass is 402 g/mol. The Kier molecular flexibility index (Phi) is 3.87. The van der Waals surface area contributed by atoms with Crippen molar-refractivity contribution in [2.45, 2.75) is 17.9 Å².